The van der Waals surface area contributed by atoms with Crippen molar-refractivity contribution in [2.75, 3.05) is 4.72 Å². The van der Waals surface area contributed by atoms with Crippen LogP contribution in [0.2, 0.25) is 0 Å². The van der Waals surface area contributed by atoms with Gasteiger partial charge < -0.3 is 4.52 Å². The fourth-order valence-corrected chi connectivity index (χ4v) is 4.89. The minimum atomic E-state index is -3.65. The predicted octanol–water partition coefficient (Wildman–Crippen LogP) is 4.13. The van der Waals surface area contributed by atoms with Crippen LogP contribution in [0.4, 0.5) is 5.69 Å². The third-order valence-electron chi connectivity index (χ3n) is 3.42. The number of sulfonamides is 1. The molecule has 1 N–H and O–H groups in total. The molecule has 0 bridgehead atoms. The molecule has 0 aliphatic heterocycles. The Labute approximate surface area is 139 Å². The minimum absolute atomic E-state index is 0.259. The molecule has 3 aromatic rings. The molecular formula is C16H16N2O3S2. The fraction of sp³-hybridized carbons (Fsp3) is 0.188. The molecule has 0 spiro atoms. The lowest BCUT2D eigenvalue weighted by Gasteiger charge is -2.09. The summed E-state index contributed by atoms with van der Waals surface area (Å²) in [4.78, 5) is 1.71. The zero-order valence-electron chi connectivity index (χ0n) is 13.0. The van der Waals surface area contributed by atoms with Gasteiger partial charge >= 0.3 is 0 Å². The fourth-order valence-electron chi connectivity index (χ4n) is 2.22. The number of rotatable bonds is 4. The number of benzene rings is 1. The maximum absolute atomic E-state index is 12.7. The van der Waals surface area contributed by atoms with Gasteiger partial charge in [-0.3, -0.25) is 4.72 Å². The molecule has 5 nitrogen and oxygen atoms in total. The smallest absolute Gasteiger partial charge is 0.263 e. The molecule has 3 rings (SSSR count). The van der Waals surface area contributed by atoms with Crippen molar-refractivity contribution >= 4 is 27.0 Å². The van der Waals surface area contributed by atoms with Gasteiger partial charge in [0, 0.05) is 10.9 Å². The predicted molar refractivity (Wildman–Crippen MR) is 91.3 cm³/mol. The molecule has 0 unspecified atom stereocenters. The SMILES string of the molecule is Cc1cc(-c2cc(S(=O)(=O)Nc3ccccc3C)c(C)s2)on1. The number of hydrogen-bond donors (Lipinski definition) is 1. The van der Waals surface area contributed by atoms with Gasteiger partial charge in [0.15, 0.2) is 5.76 Å². The molecule has 23 heavy (non-hydrogen) atoms. The van der Waals surface area contributed by atoms with Crippen LogP contribution in [0, 0.1) is 20.8 Å². The van der Waals surface area contributed by atoms with E-state index in [0.717, 1.165) is 16.1 Å². The molecule has 0 radical (unpaired) electrons. The number of anilines is 1. The summed E-state index contributed by atoms with van der Waals surface area (Å²) in [6, 6.07) is 10.7. The Morgan fingerprint density at radius 2 is 1.87 bits per heavy atom. The van der Waals surface area contributed by atoms with Crippen LogP contribution in [0.1, 0.15) is 16.1 Å². The van der Waals surface area contributed by atoms with E-state index >= 15 is 0 Å². The number of para-hydroxylation sites is 1. The second kappa shape index (κ2) is 5.82. The van der Waals surface area contributed by atoms with Crippen molar-refractivity contribution in [1.29, 1.82) is 0 Å². The van der Waals surface area contributed by atoms with Crippen LogP contribution in [0.3, 0.4) is 0 Å². The number of thiophene rings is 1. The van der Waals surface area contributed by atoms with Crippen molar-refractivity contribution in [2.24, 2.45) is 0 Å². The Balaban J connectivity index is 1.97. The first-order chi connectivity index (χ1) is 10.9. The van der Waals surface area contributed by atoms with Crippen LogP contribution in [0.5, 0.6) is 0 Å². The van der Waals surface area contributed by atoms with Gasteiger partial charge in [-0.2, -0.15) is 0 Å². The highest BCUT2D eigenvalue weighted by molar-refractivity contribution is 7.93. The Kier molecular flexibility index (Phi) is 3.99. The topological polar surface area (TPSA) is 72.2 Å². The van der Waals surface area contributed by atoms with Gasteiger partial charge in [-0.25, -0.2) is 8.42 Å². The second-order valence-electron chi connectivity index (χ2n) is 5.28. The highest BCUT2D eigenvalue weighted by Crippen LogP contribution is 2.34. The Bertz CT molecular complexity index is 955. The maximum Gasteiger partial charge on any atom is 0.263 e. The van der Waals surface area contributed by atoms with E-state index in [4.69, 9.17) is 4.52 Å². The van der Waals surface area contributed by atoms with Crippen molar-refractivity contribution in [3.63, 3.8) is 0 Å². The van der Waals surface area contributed by atoms with Crippen LogP contribution in [0.25, 0.3) is 10.6 Å². The molecule has 0 aliphatic rings. The number of nitrogens with zero attached hydrogens (tertiary/aromatic N) is 1. The van der Waals surface area contributed by atoms with E-state index < -0.39 is 10.0 Å². The molecule has 0 atom stereocenters. The molecule has 0 saturated carbocycles. The van der Waals surface area contributed by atoms with E-state index in [0.29, 0.717) is 16.3 Å². The van der Waals surface area contributed by atoms with E-state index in [1.54, 1.807) is 31.2 Å². The zero-order valence-corrected chi connectivity index (χ0v) is 14.6. The summed E-state index contributed by atoms with van der Waals surface area (Å²) in [5.41, 5.74) is 2.21. The van der Waals surface area contributed by atoms with Crippen molar-refractivity contribution in [2.45, 2.75) is 25.7 Å². The molecule has 0 aliphatic carbocycles. The first-order valence-corrected chi connectivity index (χ1v) is 9.29. The van der Waals surface area contributed by atoms with Gasteiger partial charge in [0.05, 0.1) is 16.3 Å². The molecule has 120 valence electrons. The van der Waals surface area contributed by atoms with Gasteiger partial charge in [0.2, 0.25) is 0 Å². The van der Waals surface area contributed by atoms with Crippen LogP contribution >= 0.6 is 11.3 Å². The van der Waals surface area contributed by atoms with Crippen molar-refractivity contribution in [3.8, 4) is 10.6 Å². The molecule has 0 fully saturated rings. The molecule has 2 aromatic heterocycles. The number of aromatic nitrogens is 1. The lowest BCUT2D eigenvalue weighted by atomic mass is 10.2. The van der Waals surface area contributed by atoms with Gasteiger partial charge in [0.1, 0.15) is 4.90 Å². The molecular weight excluding hydrogens is 332 g/mol. The Morgan fingerprint density at radius 1 is 1.13 bits per heavy atom. The van der Waals surface area contributed by atoms with Crippen LogP contribution < -0.4 is 4.72 Å². The van der Waals surface area contributed by atoms with Crippen molar-refractivity contribution in [1.82, 2.24) is 5.16 Å². The highest BCUT2D eigenvalue weighted by atomic mass is 32.2. The van der Waals surface area contributed by atoms with Gasteiger partial charge in [-0.1, -0.05) is 23.4 Å². The number of nitrogens with one attached hydrogen (secondary N) is 1. The van der Waals surface area contributed by atoms with E-state index in [-0.39, 0.29) is 4.90 Å². The lowest BCUT2D eigenvalue weighted by Crippen LogP contribution is -2.13. The summed E-state index contributed by atoms with van der Waals surface area (Å²) in [6.07, 6.45) is 0. The third kappa shape index (κ3) is 3.16. The van der Waals surface area contributed by atoms with Crippen LogP contribution in [-0.2, 0) is 10.0 Å². The molecule has 0 amide bonds. The normalized spacial score (nSPS) is 11.6. The summed E-state index contributed by atoms with van der Waals surface area (Å²) in [6.45, 7) is 5.47. The second-order valence-corrected chi connectivity index (χ2v) is 8.19. The third-order valence-corrected chi connectivity index (χ3v) is 6.11. The number of aryl methyl sites for hydroxylation is 3. The summed E-state index contributed by atoms with van der Waals surface area (Å²) in [7, 11) is -3.65. The monoisotopic (exact) mass is 348 g/mol. The minimum Gasteiger partial charge on any atom is -0.355 e. The van der Waals surface area contributed by atoms with E-state index in [9.17, 15) is 8.42 Å². The van der Waals surface area contributed by atoms with Gasteiger partial charge in [-0.15, -0.1) is 11.3 Å². The zero-order chi connectivity index (χ0) is 16.6. The molecule has 0 saturated heterocycles. The Hall–Kier alpha value is -2.12. The molecule has 7 heteroatoms. The van der Waals surface area contributed by atoms with Crippen molar-refractivity contribution in [3.05, 3.63) is 52.5 Å². The van der Waals surface area contributed by atoms with Crippen LogP contribution in [0.15, 0.2) is 45.8 Å². The summed E-state index contributed by atoms with van der Waals surface area (Å²) in [5, 5.41) is 3.84. The first kappa shape index (κ1) is 15.8. The summed E-state index contributed by atoms with van der Waals surface area (Å²) >= 11 is 1.37. The van der Waals surface area contributed by atoms with Gasteiger partial charge in [-0.05, 0) is 38.5 Å². The maximum atomic E-state index is 12.7. The molecule has 2 heterocycles. The largest absolute Gasteiger partial charge is 0.355 e. The van der Waals surface area contributed by atoms with Crippen LogP contribution in [-0.4, -0.2) is 13.6 Å². The average Bonchev–Trinajstić information content (AvgIpc) is 3.07. The number of hydrogen-bond acceptors (Lipinski definition) is 5. The van der Waals surface area contributed by atoms with E-state index in [1.807, 2.05) is 26.0 Å². The Morgan fingerprint density at radius 3 is 2.52 bits per heavy atom. The summed E-state index contributed by atoms with van der Waals surface area (Å²) < 4.78 is 33.2. The van der Waals surface area contributed by atoms with E-state index in [1.165, 1.54) is 11.3 Å². The lowest BCUT2D eigenvalue weighted by molar-refractivity contribution is 0.428. The molecule has 1 aromatic carbocycles. The quantitative estimate of drug-likeness (QED) is 0.769. The standard InChI is InChI=1S/C16H16N2O3S2/c1-10-6-4-5-7-13(10)18-23(19,20)16-9-15(22-12(16)3)14-8-11(2)17-21-14/h4-9,18H,1-3H3. The first-order valence-electron chi connectivity index (χ1n) is 6.99. The highest BCUT2D eigenvalue weighted by Gasteiger charge is 2.22. The van der Waals surface area contributed by atoms with Crippen molar-refractivity contribution < 1.29 is 12.9 Å². The summed E-state index contributed by atoms with van der Waals surface area (Å²) in [5.74, 6) is 0.577. The van der Waals surface area contributed by atoms with E-state index in [2.05, 4.69) is 9.88 Å². The average molecular weight is 348 g/mol. The van der Waals surface area contributed by atoms with Gasteiger partial charge in [0.25, 0.3) is 10.0 Å².